The largest absolute Gasteiger partial charge is 3.00 e. The summed E-state index contributed by atoms with van der Waals surface area (Å²) in [6.45, 7) is 11.6. The Kier molecular flexibility index (Phi) is 34.2. The van der Waals surface area contributed by atoms with Crippen LogP contribution in [0.5, 0.6) is 0 Å². The van der Waals surface area contributed by atoms with E-state index in [0.29, 0.717) is 17.8 Å². The molecule has 0 heterocycles. The van der Waals surface area contributed by atoms with Gasteiger partial charge in [0.2, 0.25) is 0 Å². The van der Waals surface area contributed by atoms with Crippen molar-refractivity contribution in [3.05, 3.63) is 0 Å². The molecule has 0 bridgehead atoms. The van der Waals surface area contributed by atoms with Crippen LogP contribution < -0.4 is 15.3 Å². The molecule has 0 unspecified atom stereocenters. The van der Waals surface area contributed by atoms with Crippen molar-refractivity contribution in [3.63, 3.8) is 0 Å². The summed E-state index contributed by atoms with van der Waals surface area (Å²) < 4.78 is 0. The SMILES string of the molecule is CC(C)C[O-].CC(C)C[O-].CC(C)C[O-].[Y+3]. The van der Waals surface area contributed by atoms with Crippen molar-refractivity contribution in [2.45, 2.75) is 41.5 Å². The predicted octanol–water partition coefficient (Wildman–Crippen LogP) is 0.00560. The van der Waals surface area contributed by atoms with Crippen LogP contribution in [0.3, 0.4) is 0 Å². The topological polar surface area (TPSA) is 69.2 Å². The first-order valence-corrected chi connectivity index (χ1v) is 5.55. The molecule has 0 aromatic heterocycles. The van der Waals surface area contributed by atoms with Crippen molar-refractivity contribution in [1.29, 1.82) is 0 Å². The Morgan fingerprint density at radius 3 is 0.625 bits per heavy atom. The van der Waals surface area contributed by atoms with Crippen LogP contribution in [0.4, 0.5) is 0 Å². The number of rotatable bonds is 3. The molecule has 0 atom stereocenters. The molecule has 0 rings (SSSR count). The van der Waals surface area contributed by atoms with Gasteiger partial charge in [-0.3, -0.25) is 0 Å². The van der Waals surface area contributed by atoms with E-state index in [0.717, 1.165) is 0 Å². The zero-order valence-corrected chi connectivity index (χ0v) is 14.5. The number of hydrogen-bond donors (Lipinski definition) is 0. The van der Waals surface area contributed by atoms with E-state index in [1.165, 1.54) is 0 Å². The van der Waals surface area contributed by atoms with Gasteiger partial charge in [-0.1, -0.05) is 59.3 Å². The monoisotopic (exact) mass is 308 g/mol. The van der Waals surface area contributed by atoms with E-state index in [9.17, 15) is 15.3 Å². The summed E-state index contributed by atoms with van der Waals surface area (Å²) in [5.41, 5.74) is 0. The van der Waals surface area contributed by atoms with E-state index >= 15 is 0 Å². The molecule has 0 aliphatic heterocycles. The molecule has 0 saturated carbocycles. The molecule has 0 fully saturated rings. The molecular formula is C12H27O3Y. The zero-order chi connectivity index (χ0) is 12.9. The van der Waals surface area contributed by atoms with Gasteiger partial charge in [-0.05, 0) is 0 Å². The maximum atomic E-state index is 9.63. The summed E-state index contributed by atoms with van der Waals surface area (Å²) >= 11 is 0. The van der Waals surface area contributed by atoms with Crippen molar-refractivity contribution in [1.82, 2.24) is 0 Å². The van der Waals surface area contributed by atoms with E-state index in [1.807, 2.05) is 41.5 Å². The molecule has 0 saturated heterocycles. The van der Waals surface area contributed by atoms with Crippen LogP contribution in [0.1, 0.15) is 41.5 Å². The van der Waals surface area contributed by atoms with Gasteiger partial charge < -0.3 is 15.3 Å². The van der Waals surface area contributed by atoms with Crippen molar-refractivity contribution in [2.24, 2.45) is 17.8 Å². The molecule has 4 heteroatoms. The summed E-state index contributed by atoms with van der Waals surface area (Å²) in [6.07, 6.45) is 0. The predicted molar refractivity (Wildman–Crippen MR) is 59.1 cm³/mol. The van der Waals surface area contributed by atoms with Gasteiger partial charge in [0.1, 0.15) is 0 Å². The van der Waals surface area contributed by atoms with Gasteiger partial charge >= 0.3 is 32.7 Å². The van der Waals surface area contributed by atoms with E-state index in [2.05, 4.69) is 0 Å². The van der Waals surface area contributed by atoms with Crippen LogP contribution in [0, 0.1) is 17.8 Å². The summed E-state index contributed by atoms with van der Waals surface area (Å²) in [5, 5.41) is 28.9. The minimum absolute atomic E-state index is 0. The van der Waals surface area contributed by atoms with E-state index in [1.54, 1.807) is 0 Å². The van der Waals surface area contributed by atoms with Gasteiger partial charge in [-0.25, -0.2) is 0 Å². The van der Waals surface area contributed by atoms with Crippen molar-refractivity contribution >= 4 is 0 Å². The van der Waals surface area contributed by atoms with Crippen LogP contribution >= 0.6 is 0 Å². The smallest absolute Gasteiger partial charge is 0.854 e. The molecule has 0 spiro atoms. The molecule has 3 nitrogen and oxygen atoms in total. The fraction of sp³-hybridized carbons (Fsp3) is 1.00. The second kappa shape index (κ2) is 21.3. The van der Waals surface area contributed by atoms with E-state index in [-0.39, 0.29) is 52.5 Å². The van der Waals surface area contributed by atoms with Crippen molar-refractivity contribution < 1.29 is 48.0 Å². The summed E-state index contributed by atoms with van der Waals surface area (Å²) in [5.74, 6) is 0.986. The van der Waals surface area contributed by atoms with Crippen LogP contribution in [-0.2, 0) is 32.7 Å². The third-order valence-electron chi connectivity index (χ3n) is 1.00. The minimum atomic E-state index is 0. The van der Waals surface area contributed by atoms with Gasteiger partial charge in [0.15, 0.2) is 0 Å². The fourth-order valence-corrected chi connectivity index (χ4v) is 0. The molecule has 0 amide bonds. The maximum Gasteiger partial charge on any atom is 3.00 e. The molecule has 0 radical (unpaired) electrons. The molecule has 0 aromatic carbocycles. The third-order valence-corrected chi connectivity index (χ3v) is 1.00. The Bertz CT molecular complexity index is 77.2. The van der Waals surface area contributed by atoms with Gasteiger partial charge in [-0.15, -0.1) is 19.8 Å². The molecule has 0 aliphatic carbocycles. The van der Waals surface area contributed by atoms with Crippen LogP contribution in [0.15, 0.2) is 0 Å². The Balaban J connectivity index is -0.0000000655. The van der Waals surface area contributed by atoms with E-state index in [4.69, 9.17) is 0 Å². The fourth-order valence-electron chi connectivity index (χ4n) is 0. The standard InChI is InChI=1S/3C4H9O.Y/c3*1-4(2)3-5;/h3*4H,3H2,1-2H3;/q3*-1;+3. The van der Waals surface area contributed by atoms with Gasteiger partial charge in [0, 0.05) is 0 Å². The molecule has 0 aromatic rings. The Labute approximate surface area is 127 Å². The van der Waals surface area contributed by atoms with Crippen LogP contribution in [0.25, 0.3) is 0 Å². The molecule has 16 heavy (non-hydrogen) atoms. The average molecular weight is 308 g/mol. The van der Waals surface area contributed by atoms with Crippen molar-refractivity contribution in [2.75, 3.05) is 19.8 Å². The molecule has 0 N–H and O–H groups in total. The quantitative estimate of drug-likeness (QED) is 0.737. The van der Waals surface area contributed by atoms with Gasteiger partial charge in [0.05, 0.1) is 0 Å². The zero-order valence-electron chi connectivity index (χ0n) is 11.7. The molecule has 0 aliphatic rings. The second-order valence-corrected chi connectivity index (χ2v) is 4.68. The average Bonchev–Trinajstić information content (AvgIpc) is 2.19. The normalized spacial score (nSPS) is 9.00. The molecular weight excluding hydrogens is 281 g/mol. The maximum absolute atomic E-state index is 9.63. The van der Waals surface area contributed by atoms with Crippen LogP contribution in [-0.4, -0.2) is 19.8 Å². The third kappa shape index (κ3) is 60.1. The van der Waals surface area contributed by atoms with Gasteiger partial charge in [0.25, 0.3) is 0 Å². The first-order chi connectivity index (χ1) is 6.81. The second-order valence-electron chi connectivity index (χ2n) is 4.68. The molecule has 96 valence electrons. The Morgan fingerprint density at radius 2 is 0.625 bits per heavy atom. The summed E-state index contributed by atoms with van der Waals surface area (Å²) in [4.78, 5) is 0. The number of hydrogen-bond acceptors (Lipinski definition) is 3. The first-order valence-electron chi connectivity index (χ1n) is 5.55. The Morgan fingerprint density at radius 1 is 0.562 bits per heavy atom. The summed E-state index contributed by atoms with van der Waals surface area (Å²) in [7, 11) is 0. The van der Waals surface area contributed by atoms with E-state index < -0.39 is 0 Å². The Hall–Kier alpha value is 0.984. The first kappa shape index (κ1) is 25.7. The van der Waals surface area contributed by atoms with Crippen molar-refractivity contribution in [3.8, 4) is 0 Å². The minimum Gasteiger partial charge on any atom is -0.854 e. The summed E-state index contributed by atoms with van der Waals surface area (Å²) in [6, 6.07) is 0. The van der Waals surface area contributed by atoms with Gasteiger partial charge in [-0.2, -0.15) is 0 Å². The van der Waals surface area contributed by atoms with Crippen LogP contribution in [0.2, 0.25) is 0 Å².